The molecule has 2 bridgehead atoms. The van der Waals surface area contributed by atoms with Crippen molar-refractivity contribution in [1.82, 2.24) is 4.90 Å². The maximum absolute atomic E-state index is 6.90. The first kappa shape index (κ1) is 21.2. The molecule has 2 aromatic carbocycles. The molecule has 2 fully saturated rings. The molecule has 0 N–H and O–H groups in total. The number of benzene rings is 2. The smallest absolute Gasteiger partial charge is 0.119 e. The molecule has 2 aromatic rings. The minimum atomic E-state index is -0.00546. The Labute approximate surface area is 187 Å². The van der Waals surface area contributed by atoms with Crippen LogP contribution in [0.2, 0.25) is 0 Å². The highest BCUT2D eigenvalue weighted by atomic mass is 79.9. The van der Waals surface area contributed by atoms with Crippen LogP contribution in [-0.2, 0) is 10.5 Å². The van der Waals surface area contributed by atoms with Gasteiger partial charge in [-0.1, -0.05) is 40.2 Å². The van der Waals surface area contributed by atoms with Gasteiger partial charge in [0, 0.05) is 28.3 Å². The summed E-state index contributed by atoms with van der Waals surface area (Å²) in [6, 6.07) is 16.6. The zero-order valence-electron chi connectivity index (χ0n) is 17.4. The highest BCUT2D eigenvalue weighted by Crippen LogP contribution is 2.45. The van der Waals surface area contributed by atoms with Crippen LogP contribution in [0.5, 0.6) is 5.75 Å². The molecule has 2 saturated heterocycles. The monoisotopic (exact) mass is 475 g/mol. The Hall–Kier alpha value is -1.01. The summed E-state index contributed by atoms with van der Waals surface area (Å²) in [5, 5.41) is 0. The van der Waals surface area contributed by atoms with Gasteiger partial charge in [0.05, 0.1) is 13.2 Å². The number of ether oxygens (including phenoxy) is 2. The van der Waals surface area contributed by atoms with E-state index in [0.29, 0.717) is 18.2 Å². The zero-order valence-corrected chi connectivity index (χ0v) is 19.8. The summed E-state index contributed by atoms with van der Waals surface area (Å²) in [7, 11) is 4.03. The number of fused-ring (bicyclic) bond motifs is 4. The van der Waals surface area contributed by atoms with E-state index < -0.39 is 0 Å². The molecule has 5 rings (SSSR count). The zero-order chi connectivity index (χ0) is 20.4. The van der Waals surface area contributed by atoms with Crippen molar-refractivity contribution in [1.29, 1.82) is 0 Å². The second-order valence-corrected chi connectivity index (χ2v) is 9.07. The highest BCUT2D eigenvalue weighted by molar-refractivity contribution is 9.08. The van der Waals surface area contributed by atoms with Crippen LogP contribution in [0.15, 0.2) is 47.4 Å². The molecular weight excluding hydrogens is 446 g/mol. The van der Waals surface area contributed by atoms with Crippen LogP contribution in [0.3, 0.4) is 0 Å². The van der Waals surface area contributed by atoms with Crippen molar-refractivity contribution < 1.29 is 9.47 Å². The van der Waals surface area contributed by atoms with E-state index >= 15 is 0 Å². The lowest BCUT2D eigenvalue weighted by molar-refractivity contribution is -0.0436. The van der Waals surface area contributed by atoms with Crippen LogP contribution < -0.4 is 4.74 Å². The first-order valence-corrected chi connectivity index (χ1v) is 12.9. The van der Waals surface area contributed by atoms with Crippen LogP contribution in [0, 0.1) is 0 Å². The summed E-state index contributed by atoms with van der Waals surface area (Å²) in [6.45, 7) is 0. The number of halogens is 1. The van der Waals surface area contributed by atoms with Gasteiger partial charge in [-0.2, -0.15) is 0 Å². The number of alkyl halides is 1. The van der Waals surface area contributed by atoms with E-state index in [1.54, 1.807) is 7.11 Å². The molecule has 156 valence electrons. The molecule has 3 aliphatic heterocycles. The van der Waals surface area contributed by atoms with Crippen LogP contribution in [0.1, 0.15) is 48.5 Å². The maximum Gasteiger partial charge on any atom is 0.119 e. The van der Waals surface area contributed by atoms with Crippen molar-refractivity contribution in [2.45, 2.75) is 60.6 Å². The molecule has 0 saturated carbocycles. The van der Waals surface area contributed by atoms with Gasteiger partial charge in [-0.15, -0.1) is 11.8 Å². The van der Waals surface area contributed by atoms with Gasteiger partial charge >= 0.3 is 0 Å². The first-order valence-electron chi connectivity index (χ1n) is 10.4. The number of hydrogen-bond acceptors (Lipinski definition) is 4. The second kappa shape index (κ2) is 9.42. The lowest BCUT2D eigenvalue weighted by Crippen LogP contribution is -2.43. The Morgan fingerprint density at radius 2 is 1.72 bits per heavy atom. The van der Waals surface area contributed by atoms with E-state index in [4.69, 9.17) is 9.47 Å². The van der Waals surface area contributed by atoms with Crippen molar-refractivity contribution in [2.24, 2.45) is 0 Å². The highest BCUT2D eigenvalue weighted by Gasteiger charge is 2.40. The molecule has 0 aliphatic carbocycles. The minimum absolute atomic E-state index is 0.00546. The van der Waals surface area contributed by atoms with Gasteiger partial charge < -0.3 is 14.4 Å². The van der Waals surface area contributed by atoms with Gasteiger partial charge in [0.1, 0.15) is 11.9 Å². The molecular formula is C24H30BrNO2S. The van der Waals surface area contributed by atoms with Gasteiger partial charge in [-0.3, -0.25) is 0 Å². The van der Waals surface area contributed by atoms with Gasteiger partial charge in [0.25, 0.3) is 0 Å². The molecule has 0 amide bonds. The van der Waals surface area contributed by atoms with Crippen LogP contribution in [0.25, 0.3) is 0 Å². The molecule has 3 atom stereocenters. The summed E-state index contributed by atoms with van der Waals surface area (Å²) < 4.78 is 12.4. The van der Waals surface area contributed by atoms with E-state index in [1.165, 1.54) is 34.4 Å². The van der Waals surface area contributed by atoms with E-state index in [0.717, 1.165) is 24.3 Å². The van der Waals surface area contributed by atoms with Crippen LogP contribution in [-0.4, -0.2) is 43.1 Å². The fourth-order valence-corrected chi connectivity index (χ4v) is 6.12. The summed E-state index contributed by atoms with van der Waals surface area (Å²) in [6.07, 6.45) is 5.27. The van der Waals surface area contributed by atoms with Crippen molar-refractivity contribution in [3.63, 3.8) is 0 Å². The lowest BCUT2D eigenvalue weighted by Gasteiger charge is -2.38. The number of thioether (sulfide) groups is 1. The second-order valence-electron chi connectivity index (χ2n) is 8.05. The lowest BCUT2D eigenvalue weighted by atomic mass is 9.95. The number of rotatable bonds is 3. The van der Waals surface area contributed by atoms with Gasteiger partial charge in [0.2, 0.25) is 0 Å². The Bertz CT molecular complexity index is 831. The number of methoxy groups -OCH3 is 1. The maximum atomic E-state index is 6.90. The predicted molar refractivity (Wildman–Crippen MR) is 124 cm³/mol. The molecule has 3 nitrogen and oxygen atoms in total. The fourth-order valence-electron chi connectivity index (χ4n) is 5.05. The average Bonchev–Trinajstić information content (AvgIpc) is 2.94. The molecule has 3 heterocycles. The molecule has 0 aromatic heterocycles. The third kappa shape index (κ3) is 4.25. The van der Waals surface area contributed by atoms with Gasteiger partial charge in [0.15, 0.2) is 0 Å². The SMILES string of the molecule is CBr.COc1ccc2c(c1)C(OC1CC3CCC(C1)N3C)c1ccccc1CS2. The van der Waals surface area contributed by atoms with Crippen molar-refractivity contribution in [3.8, 4) is 5.75 Å². The molecule has 29 heavy (non-hydrogen) atoms. The van der Waals surface area contributed by atoms with Gasteiger partial charge in [-0.25, -0.2) is 0 Å². The van der Waals surface area contributed by atoms with Gasteiger partial charge in [-0.05, 0) is 67.9 Å². The van der Waals surface area contributed by atoms with Crippen LogP contribution in [0.4, 0.5) is 0 Å². The Morgan fingerprint density at radius 1 is 1.00 bits per heavy atom. The third-order valence-corrected chi connectivity index (χ3v) is 7.74. The van der Waals surface area contributed by atoms with E-state index in [2.05, 4.69) is 70.3 Å². The molecule has 5 heteroatoms. The molecule has 3 unspecified atom stereocenters. The number of nitrogens with zero attached hydrogens (tertiary/aromatic N) is 1. The molecule has 0 spiro atoms. The summed E-state index contributed by atoms with van der Waals surface area (Å²) >= 11 is 4.84. The summed E-state index contributed by atoms with van der Waals surface area (Å²) in [5.74, 6) is 3.71. The van der Waals surface area contributed by atoms with E-state index in [-0.39, 0.29) is 6.10 Å². The first-order chi connectivity index (χ1) is 14.2. The average molecular weight is 476 g/mol. The largest absolute Gasteiger partial charge is 0.497 e. The number of hydrogen-bond donors (Lipinski definition) is 0. The Morgan fingerprint density at radius 3 is 2.45 bits per heavy atom. The third-order valence-electron chi connectivity index (χ3n) is 6.60. The Kier molecular flexibility index (Phi) is 6.90. The van der Waals surface area contributed by atoms with Crippen LogP contribution >= 0.6 is 27.7 Å². The van der Waals surface area contributed by atoms with E-state index in [9.17, 15) is 0 Å². The fraction of sp³-hybridized carbons (Fsp3) is 0.500. The topological polar surface area (TPSA) is 21.7 Å². The van der Waals surface area contributed by atoms with E-state index in [1.807, 2.05) is 17.6 Å². The predicted octanol–water partition coefficient (Wildman–Crippen LogP) is 6.04. The standard InChI is InChI=1S/C23H27NO2S.CH3Br/c1-24-16-7-8-17(24)12-19(11-16)26-23-20-6-4-3-5-15(20)14-27-22-10-9-18(25-2)13-21(22)23;1-2/h3-6,9-10,13,16-17,19,23H,7-8,11-12,14H2,1-2H3;1H3. The summed E-state index contributed by atoms with van der Waals surface area (Å²) in [4.78, 5) is 3.89. The van der Waals surface area contributed by atoms with Crippen molar-refractivity contribution in [3.05, 3.63) is 59.2 Å². The van der Waals surface area contributed by atoms with Crippen molar-refractivity contribution in [2.75, 3.05) is 20.0 Å². The molecule has 3 aliphatic rings. The number of piperidine rings is 1. The minimum Gasteiger partial charge on any atom is -0.497 e. The van der Waals surface area contributed by atoms with Crippen molar-refractivity contribution >= 4 is 27.7 Å². The quantitative estimate of drug-likeness (QED) is 0.504. The molecule has 0 radical (unpaired) electrons. The normalized spacial score (nSPS) is 27.9. The summed E-state index contributed by atoms with van der Waals surface area (Å²) in [5.41, 5.74) is 3.97. The Balaban J connectivity index is 0.000000994.